The monoisotopic (exact) mass is 357 g/mol. The minimum atomic E-state index is -0.152. The molecule has 0 bridgehead atoms. The van der Waals surface area contributed by atoms with Crippen molar-refractivity contribution in [1.82, 2.24) is 10.3 Å². The van der Waals surface area contributed by atoms with Crippen LogP contribution in [0.25, 0.3) is 0 Å². The molecule has 0 atom stereocenters. The standard InChI is InChI=1S/C23H23N3O/c1-17-8-10-18(11-9-17)15-25-23(27)21-13-12-20(16-24-21)26-14-4-6-19-5-2-3-7-22(19)26/h2-3,5,7-13,16H,4,6,14-15H2,1H3,(H,25,27). The zero-order valence-electron chi connectivity index (χ0n) is 15.5. The Morgan fingerprint density at radius 2 is 1.89 bits per heavy atom. The van der Waals surface area contributed by atoms with E-state index in [2.05, 4.69) is 46.4 Å². The molecule has 0 spiro atoms. The summed E-state index contributed by atoms with van der Waals surface area (Å²) in [5.41, 5.74) is 6.36. The molecule has 1 aromatic heterocycles. The Balaban J connectivity index is 1.44. The Labute approximate surface area is 159 Å². The molecule has 0 unspecified atom stereocenters. The first-order valence-electron chi connectivity index (χ1n) is 9.36. The van der Waals surface area contributed by atoms with Crippen LogP contribution in [0.1, 0.15) is 33.6 Å². The van der Waals surface area contributed by atoms with Gasteiger partial charge in [0.1, 0.15) is 5.69 Å². The molecule has 0 saturated heterocycles. The number of hydrogen-bond donors (Lipinski definition) is 1. The van der Waals surface area contributed by atoms with Gasteiger partial charge >= 0.3 is 0 Å². The lowest BCUT2D eigenvalue weighted by Gasteiger charge is -2.31. The topological polar surface area (TPSA) is 45.2 Å². The van der Waals surface area contributed by atoms with Crippen molar-refractivity contribution < 1.29 is 4.79 Å². The summed E-state index contributed by atoms with van der Waals surface area (Å²) in [6.07, 6.45) is 4.03. The van der Waals surface area contributed by atoms with Crippen LogP contribution in [0, 0.1) is 6.92 Å². The maximum absolute atomic E-state index is 12.4. The van der Waals surface area contributed by atoms with Gasteiger partial charge in [-0.1, -0.05) is 48.0 Å². The van der Waals surface area contributed by atoms with Crippen LogP contribution in [0.5, 0.6) is 0 Å². The normalized spacial score (nSPS) is 13.1. The number of rotatable bonds is 4. The predicted molar refractivity (Wildman–Crippen MR) is 108 cm³/mol. The number of carbonyl (C=O) groups excluding carboxylic acids is 1. The highest BCUT2D eigenvalue weighted by molar-refractivity contribution is 5.92. The van der Waals surface area contributed by atoms with E-state index in [1.165, 1.54) is 16.8 Å². The Bertz CT molecular complexity index is 933. The average molecular weight is 357 g/mol. The molecular formula is C23H23N3O. The fourth-order valence-electron chi connectivity index (χ4n) is 3.46. The van der Waals surface area contributed by atoms with Gasteiger partial charge in [-0.15, -0.1) is 0 Å². The number of hydrogen-bond acceptors (Lipinski definition) is 3. The van der Waals surface area contributed by atoms with Gasteiger partial charge in [-0.2, -0.15) is 0 Å². The molecule has 2 heterocycles. The third kappa shape index (κ3) is 3.85. The van der Waals surface area contributed by atoms with Crippen LogP contribution in [0.2, 0.25) is 0 Å². The van der Waals surface area contributed by atoms with Crippen LogP contribution in [0.15, 0.2) is 66.9 Å². The number of fused-ring (bicyclic) bond motifs is 1. The molecule has 2 aromatic carbocycles. The molecule has 0 fully saturated rings. The number of nitrogens with one attached hydrogen (secondary N) is 1. The molecule has 3 aromatic rings. The van der Waals surface area contributed by atoms with Gasteiger partial charge in [-0.25, -0.2) is 4.98 Å². The van der Waals surface area contributed by atoms with E-state index in [0.717, 1.165) is 30.6 Å². The quantitative estimate of drug-likeness (QED) is 0.752. The maximum Gasteiger partial charge on any atom is 0.270 e. The second kappa shape index (κ2) is 7.62. The lowest BCUT2D eigenvalue weighted by Crippen LogP contribution is -2.26. The zero-order valence-corrected chi connectivity index (χ0v) is 15.5. The van der Waals surface area contributed by atoms with E-state index < -0.39 is 0 Å². The van der Waals surface area contributed by atoms with Crippen molar-refractivity contribution in [2.45, 2.75) is 26.3 Å². The molecule has 0 radical (unpaired) electrons. The average Bonchev–Trinajstić information content (AvgIpc) is 2.73. The molecule has 0 aliphatic carbocycles. The van der Waals surface area contributed by atoms with Crippen LogP contribution in [-0.4, -0.2) is 17.4 Å². The van der Waals surface area contributed by atoms with E-state index in [1.54, 1.807) is 12.3 Å². The lowest BCUT2D eigenvalue weighted by atomic mass is 10.0. The van der Waals surface area contributed by atoms with E-state index in [0.29, 0.717) is 12.2 Å². The fraction of sp³-hybridized carbons (Fsp3) is 0.217. The summed E-state index contributed by atoms with van der Waals surface area (Å²) in [5, 5.41) is 2.93. The molecule has 1 amide bonds. The van der Waals surface area contributed by atoms with Crippen molar-refractivity contribution in [2.75, 3.05) is 11.4 Å². The summed E-state index contributed by atoms with van der Waals surface area (Å²) >= 11 is 0. The van der Waals surface area contributed by atoms with Crippen molar-refractivity contribution in [1.29, 1.82) is 0 Å². The van der Waals surface area contributed by atoms with Crippen LogP contribution in [0.4, 0.5) is 11.4 Å². The number of benzene rings is 2. The smallest absolute Gasteiger partial charge is 0.270 e. The minimum Gasteiger partial charge on any atom is -0.347 e. The van der Waals surface area contributed by atoms with Gasteiger partial charge in [0, 0.05) is 18.8 Å². The Morgan fingerprint density at radius 3 is 2.67 bits per heavy atom. The van der Waals surface area contributed by atoms with Crippen molar-refractivity contribution >= 4 is 17.3 Å². The van der Waals surface area contributed by atoms with E-state index in [9.17, 15) is 4.79 Å². The van der Waals surface area contributed by atoms with Gasteiger partial charge in [0.05, 0.1) is 11.9 Å². The summed E-state index contributed by atoms with van der Waals surface area (Å²) in [5.74, 6) is -0.152. The van der Waals surface area contributed by atoms with Crippen LogP contribution in [-0.2, 0) is 13.0 Å². The van der Waals surface area contributed by atoms with Crippen molar-refractivity contribution in [3.8, 4) is 0 Å². The number of aromatic nitrogens is 1. The second-order valence-electron chi connectivity index (χ2n) is 6.95. The number of anilines is 2. The maximum atomic E-state index is 12.4. The first-order chi connectivity index (χ1) is 13.2. The molecule has 1 N–H and O–H groups in total. The van der Waals surface area contributed by atoms with Crippen LogP contribution < -0.4 is 10.2 Å². The number of amides is 1. The van der Waals surface area contributed by atoms with E-state index in [4.69, 9.17) is 0 Å². The molecule has 1 aliphatic heterocycles. The van der Waals surface area contributed by atoms with Crippen molar-refractivity contribution in [3.63, 3.8) is 0 Å². The van der Waals surface area contributed by atoms with Gasteiger partial charge in [0.25, 0.3) is 5.91 Å². The third-order valence-corrected chi connectivity index (χ3v) is 4.98. The van der Waals surface area contributed by atoms with Gasteiger partial charge in [0.15, 0.2) is 0 Å². The summed E-state index contributed by atoms with van der Waals surface area (Å²) in [6, 6.07) is 20.4. The first kappa shape index (κ1) is 17.3. The van der Waals surface area contributed by atoms with Crippen LogP contribution in [0.3, 0.4) is 0 Å². The molecule has 136 valence electrons. The SMILES string of the molecule is Cc1ccc(CNC(=O)c2ccc(N3CCCc4ccccc43)cn2)cc1. The first-order valence-corrected chi connectivity index (χ1v) is 9.36. The van der Waals surface area contributed by atoms with Gasteiger partial charge in [0.2, 0.25) is 0 Å². The molecule has 4 rings (SSSR count). The predicted octanol–water partition coefficient (Wildman–Crippen LogP) is 4.40. The molecule has 4 nitrogen and oxygen atoms in total. The number of aryl methyl sites for hydroxylation is 2. The Hall–Kier alpha value is -3.14. The summed E-state index contributed by atoms with van der Waals surface area (Å²) in [6.45, 7) is 3.52. The molecule has 4 heteroatoms. The van der Waals surface area contributed by atoms with Gasteiger partial charge < -0.3 is 10.2 Å². The van der Waals surface area contributed by atoms with Crippen molar-refractivity contribution in [3.05, 3.63) is 89.2 Å². The van der Waals surface area contributed by atoms with Gasteiger partial charge in [-0.3, -0.25) is 4.79 Å². The zero-order chi connectivity index (χ0) is 18.6. The molecule has 27 heavy (non-hydrogen) atoms. The van der Waals surface area contributed by atoms with Crippen molar-refractivity contribution in [2.24, 2.45) is 0 Å². The summed E-state index contributed by atoms with van der Waals surface area (Å²) in [7, 11) is 0. The molecule has 0 saturated carbocycles. The number of nitrogens with zero attached hydrogens (tertiary/aromatic N) is 2. The second-order valence-corrected chi connectivity index (χ2v) is 6.95. The Morgan fingerprint density at radius 1 is 1.07 bits per heavy atom. The molecule has 1 aliphatic rings. The lowest BCUT2D eigenvalue weighted by molar-refractivity contribution is 0.0946. The number of pyridine rings is 1. The number of carbonyl (C=O) groups is 1. The fourth-order valence-corrected chi connectivity index (χ4v) is 3.46. The Kier molecular flexibility index (Phi) is 4.88. The van der Waals surface area contributed by atoms with Crippen LogP contribution >= 0.6 is 0 Å². The summed E-state index contributed by atoms with van der Waals surface area (Å²) < 4.78 is 0. The highest BCUT2D eigenvalue weighted by atomic mass is 16.1. The number of para-hydroxylation sites is 1. The highest BCUT2D eigenvalue weighted by Crippen LogP contribution is 2.32. The minimum absolute atomic E-state index is 0.152. The van der Waals surface area contributed by atoms with E-state index >= 15 is 0 Å². The van der Waals surface area contributed by atoms with E-state index in [1.807, 2.05) is 30.3 Å². The highest BCUT2D eigenvalue weighted by Gasteiger charge is 2.18. The van der Waals surface area contributed by atoms with E-state index in [-0.39, 0.29) is 5.91 Å². The molecular weight excluding hydrogens is 334 g/mol. The summed E-state index contributed by atoms with van der Waals surface area (Å²) in [4.78, 5) is 19.1. The van der Waals surface area contributed by atoms with Gasteiger partial charge in [-0.05, 0) is 49.1 Å². The third-order valence-electron chi connectivity index (χ3n) is 4.98. The largest absolute Gasteiger partial charge is 0.347 e.